The van der Waals surface area contributed by atoms with Gasteiger partial charge in [-0.15, -0.1) is 11.3 Å². The smallest absolute Gasteiger partial charge is 0.255 e. The first-order chi connectivity index (χ1) is 10.1. The number of aliphatic hydroxyl groups is 1. The van der Waals surface area contributed by atoms with Crippen LogP contribution in [0.4, 0.5) is 0 Å². The third-order valence-electron chi connectivity index (χ3n) is 2.58. The highest BCUT2D eigenvalue weighted by Gasteiger charge is 2.11. The van der Waals surface area contributed by atoms with Gasteiger partial charge in [-0.2, -0.15) is 0 Å². The van der Waals surface area contributed by atoms with E-state index in [0.29, 0.717) is 11.6 Å². The number of thiophene rings is 1. The lowest BCUT2D eigenvalue weighted by Crippen LogP contribution is -2.22. The van der Waals surface area contributed by atoms with E-state index in [4.69, 9.17) is 16.7 Å². The van der Waals surface area contributed by atoms with E-state index < -0.39 is 5.91 Å². The van der Waals surface area contributed by atoms with Crippen LogP contribution in [0.2, 0.25) is 5.02 Å². The van der Waals surface area contributed by atoms with Crippen molar-refractivity contribution in [1.29, 1.82) is 0 Å². The number of carbonyl (C=O) groups is 1. The number of carbonyl (C=O) groups excluding carboxylic acids is 1. The number of hydrogen-bond acceptors (Lipinski definition) is 4. The van der Waals surface area contributed by atoms with Crippen molar-refractivity contribution in [3.63, 3.8) is 0 Å². The maximum Gasteiger partial charge on any atom is 0.255 e. The number of nitrogens with one attached hydrogen (secondary N) is 1. The minimum atomic E-state index is -0.397. The largest absolute Gasteiger partial charge is 0.507 e. The predicted molar refractivity (Wildman–Crippen MR) is 82.6 cm³/mol. The van der Waals surface area contributed by atoms with Crippen LogP contribution >= 0.6 is 22.9 Å². The fraction of sp³-hybridized carbons (Fsp3) is 0.133. The second-order valence-electron chi connectivity index (χ2n) is 4.07. The number of phenols is 1. The van der Waals surface area contributed by atoms with Crippen LogP contribution in [0, 0.1) is 11.8 Å². The van der Waals surface area contributed by atoms with Gasteiger partial charge < -0.3 is 15.5 Å². The van der Waals surface area contributed by atoms with E-state index in [2.05, 4.69) is 17.2 Å². The molecule has 0 saturated carbocycles. The monoisotopic (exact) mass is 321 g/mol. The van der Waals surface area contributed by atoms with Crippen LogP contribution in [0.5, 0.6) is 5.75 Å². The Labute approximate surface area is 131 Å². The second-order valence-corrected chi connectivity index (χ2v) is 5.67. The van der Waals surface area contributed by atoms with E-state index in [9.17, 15) is 9.90 Å². The summed E-state index contributed by atoms with van der Waals surface area (Å²) in [7, 11) is 0. The van der Waals surface area contributed by atoms with Crippen molar-refractivity contribution >= 4 is 28.8 Å². The van der Waals surface area contributed by atoms with Gasteiger partial charge in [-0.05, 0) is 30.3 Å². The Morgan fingerprint density at radius 3 is 2.90 bits per heavy atom. The molecule has 1 amide bonds. The van der Waals surface area contributed by atoms with Gasteiger partial charge in [0.25, 0.3) is 5.91 Å². The Hall–Kier alpha value is -2.00. The van der Waals surface area contributed by atoms with E-state index in [1.54, 1.807) is 0 Å². The summed E-state index contributed by atoms with van der Waals surface area (Å²) in [6.45, 7) is 0.147. The lowest BCUT2D eigenvalue weighted by atomic mass is 10.2. The van der Waals surface area contributed by atoms with Crippen molar-refractivity contribution in [2.45, 2.75) is 6.54 Å². The van der Waals surface area contributed by atoms with Crippen molar-refractivity contribution in [2.75, 3.05) is 6.61 Å². The Bertz CT molecular complexity index is 715. The molecule has 0 unspecified atom stereocenters. The highest BCUT2D eigenvalue weighted by atomic mass is 35.5. The SMILES string of the molecule is O=C(NCc1ccc(C#CCO)s1)c1cc(Cl)ccc1O. The lowest BCUT2D eigenvalue weighted by molar-refractivity contribution is 0.0948. The average molecular weight is 322 g/mol. The molecule has 6 heteroatoms. The van der Waals surface area contributed by atoms with Gasteiger partial charge in [-0.3, -0.25) is 4.79 Å². The number of amides is 1. The first-order valence-corrected chi connectivity index (χ1v) is 7.25. The molecule has 0 radical (unpaired) electrons. The first-order valence-electron chi connectivity index (χ1n) is 6.05. The molecule has 108 valence electrons. The van der Waals surface area contributed by atoms with E-state index in [-0.39, 0.29) is 17.9 Å². The van der Waals surface area contributed by atoms with Crippen LogP contribution in [0.15, 0.2) is 30.3 Å². The van der Waals surface area contributed by atoms with Gasteiger partial charge in [-0.1, -0.05) is 23.4 Å². The maximum atomic E-state index is 12.0. The van der Waals surface area contributed by atoms with Gasteiger partial charge in [0.15, 0.2) is 0 Å². The molecule has 2 aromatic rings. The van der Waals surface area contributed by atoms with Crippen LogP contribution in [0.25, 0.3) is 0 Å². The second kappa shape index (κ2) is 7.14. The molecule has 0 aliphatic carbocycles. The molecular weight excluding hydrogens is 310 g/mol. The van der Waals surface area contributed by atoms with Crippen molar-refractivity contribution in [3.8, 4) is 17.6 Å². The van der Waals surface area contributed by atoms with Gasteiger partial charge in [0, 0.05) is 9.90 Å². The highest BCUT2D eigenvalue weighted by molar-refractivity contribution is 7.12. The van der Waals surface area contributed by atoms with Gasteiger partial charge in [-0.25, -0.2) is 0 Å². The zero-order chi connectivity index (χ0) is 15.2. The van der Waals surface area contributed by atoms with E-state index >= 15 is 0 Å². The fourth-order valence-corrected chi connectivity index (χ4v) is 2.61. The number of hydrogen-bond donors (Lipinski definition) is 3. The maximum absolute atomic E-state index is 12.0. The molecule has 0 aliphatic heterocycles. The third-order valence-corrected chi connectivity index (χ3v) is 3.81. The number of aliphatic hydroxyl groups excluding tert-OH is 1. The Kier molecular flexibility index (Phi) is 5.23. The van der Waals surface area contributed by atoms with Crippen LogP contribution in [0.1, 0.15) is 20.1 Å². The summed E-state index contributed by atoms with van der Waals surface area (Å²) in [4.78, 5) is 13.7. The number of rotatable bonds is 3. The molecule has 1 aromatic heterocycles. The van der Waals surface area contributed by atoms with Gasteiger partial charge in [0.2, 0.25) is 0 Å². The van der Waals surface area contributed by atoms with Gasteiger partial charge in [0.05, 0.1) is 17.0 Å². The molecule has 0 spiro atoms. The fourth-order valence-electron chi connectivity index (χ4n) is 1.62. The van der Waals surface area contributed by atoms with E-state index in [1.807, 2.05) is 12.1 Å². The number of phenolic OH excluding ortho intramolecular Hbond substituents is 1. The van der Waals surface area contributed by atoms with Crippen molar-refractivity contribution in [2.24, 2.45) is 0 Å². The van der Waals surface area contributed by atoms with E-state index in [1.165, 1.54) is 29.5 Å². The molecule has 0 aliphatic rings. The number of aromatic hydroxyl groups is 1. The standard InChI is InChI=1S/C15H12ClNO3S/c16-10-3-6-14(19)13(8-10)15(20)17-9-12-5-4-11(21-12)2-1-7-18/h3-6,8,18-19H,7,9H2,(H,17,20). The minimum Gasteiger partial charge on any atom is -0.507 e. The molecule has 4 nitrogen and oxygen atoms in total. The van der Waals surface area contributed by atoms with Crippen LogP contribution in [0.3, 0.4) is 0 Å². The lowest BCUT2D eigenvalue weighted by Gasteiger charge is -2.06. The minimum absolute atomic E-state index is 0.113. The topological polar surface area (TPSA) is 69.6 Å². The van der Waals surface area contributed by atoms with Crippen LogP contribution < -0.4 is 5.32 Å². The Balaban J connectivity index is 2.01. The van der Waals surface area contributed by atoms with Gasteiger partial charge in [0.1, 0.15) is 12.4 Å². The van der Waals surface area contributed by atoms with Gasteiger partial charge >= 0.3 is 0 Å². The van der Waals surface area contributed by atoms with Crippen molar-refractivity contribution in [3.05, 3.63) is 50.7 Å². The summed E-state index contributed by atoms with van der Waals surface area (Å²) in [5.74, 6) is 4.85. The quantitative estimate of drug-likeness (QED) is 0.760. The van der Waals surface area contributed by atoms with Crippen LogP contribution in [-0.4, -0.2) is 22.7 Å². The number of halogens is 1. The summed E-state index contributed by atoms with van der Waals surface area (Å²) in [6.07, 6.45) is 0. The molecule has 1 aromatic carbocycles. The summed E-state index contributed by atoms with van der Waals surface area (Å²) >= 11 is 7.23. The molecule has 2 rings (SSSR count). The van der Waals surface area contributed by atoms with Crippen LogP contribution in [-0.2, 0) is 6.54 Å². The highest BCUT2D eigenvalue weighted by Crippen LogP contribution is 2.21. The Morgan fingerprint density at radius 1 is 1.33 bits per heavy atom. The zero-order valence-corrected chi connectivity index (χ0v) is 12.5. The molecular formula is C15H12ClNO3S. The molecule has 3 N–H and O–H groups in total. The normalized spacial score (nSPS) is 9.81. The summed E-state index contributed by atoms with van der Waals surface area (Å²) in [5.41, 5.74) is 0.138. The Morgan fingerprint density at radius 2 is 2.14 bits per heavy atom. The molecule has 0 bridgehead atoms. The number of benzene rings is 1. The third kappa shape index (κ3) is 4.23. The average Bonchev–Trinajstić information content (AvgIpc) is 2.93. The molecule has 1 heterocycles. The molecule has 0 atom stereocenters. The summed E-state index contributed by atoms with van der Waals surface area (Å²) in [6, 6.07) is 7.98. The molecule has 0 saturated heterocycles. The van der Waals surface area contributed by atoms with E-state index in [0.717, 1.165) is 9.75 Å². The summed E-state index contributed by atoms with van der Waals surface area (Å²) in [5, 5.41) is 21.4. The molecule has 0 fully saturated rings. The molecule has 21 heavy (non-hydrogen) atoms. The van der Waals surface area contributed by atoms with Crippen molar-refractivity contribution < 1.29 is 15.0 Å². The van der Waals surface area contributed by atoms with Crippen molar-refractivity contribution in [1.82, 2.24) is 5.32 Å². The summed E-state index contributed by atoms with van der Waals surface area (Å²) < 4.78 is 0. The predicted octanol–water partition coefficient (Wildman–Crippen LogP) is 2.38. The zero-order valence-electron chi connectivity index (χ0n) is 10.9. The first kappa shape index (κ1) is 15.4.